The molecule has 2 nitrogen and oxygen atoms in total. The van der Waals surface area contributed by atoms with E-state index in [1.54, 1.807) is 0 Å². The molecule has 0 aromatic heterocycles. The Kier molecular flexibility index (Phi) is 3.27. The molecule has 1 N–H and O–H groups in total. The standard InChI is InChI=1S/C12H25NO/c1-11(2,3)10-6-7-13(8-10)9-12(4,5)14/h10,14H,6-9H2,1-5H3. The lowest BCUT2D eigenvalue weighted by Gasteiger charge is -2.29. The van der Waals surface area contributed by atoms with Crippen LogP contribution in [0.15, 0.2) is 0 Å². The molecule has 1 aliphatic rings. The highest BCUT2D eigenvalue weighted by Gasteiger charge is 2.33. The predicted octanol–water partition coefficient (Wildman–Crippen LogP) is 2.13. The Bertz CT molecular complexity index is 187. The van der Waals surface area contributed by atoms with E-state index in [-0.39, 0.29) is 0 Å². The van der Waals surface area contributed by atoms with E-state index in [2.05, 4.69) is 25.7 Å². The Morgan fingerprint density at radius 2 is 1.79 bits per heavy atom. The Morgan fingerprint density at radius 1 is 1.21 bits per heavy atom. The van der Waals surface area contributed by atoms with Crippen molar-refractivity contribution in [2.45, 2.75) is 46.6 Å². The molecule has 0 bridgehead atoms. The van der Waals surface area contributed by atoms with E-state index in [1.807, 2.05) is 13.8 Å². The van der Waals surface area contributed by atoms with Gasteiger partial charge in [0.1, 0.15) is 0 Å². The normalized spacial score (nSPS) is 25.7. The fourth-order valence-electron chi connectivity index (χ4n) is 2.23. The van der Waals surface area contributed by atoms with Crippen LogP contribution in [0, 0.1) is 11.3 Å². The van der Waals surface area contributed by atoms with Crippen molar-refractivity contribution < 1.29 is 5.11 Å². The second kappa shape index (κ2) is 3.82. The van der Waals surface area contributed by atoms with Crippen LogP contribution in [0.1, 0.15) is 41.0 Å². The van der Waals surface area contributed by atoms with Crippen molar-refractivity contribution >= 4 is 0 Å². The number of hydrogen-bond donors (Lipinski definition) is 1. The lowest BCUT2D eigenvalue weighted by atomic mass is 9.80. The summed E-state index contributed by atoms with van der Waals surface area (Å²) in [6.07, 6.45) is 1.28. The Morgan fingerprint density at radius 3 is 2.14 bits per heavy atom. The fraction of sp³-hybridized carbons (Fsp3) is 1.00. The number of β-amino-alcohol motifs (C(OH)–C–C–N with tert-alkyl or cyclic N) is 1. The molecule has 0 amide bonds. The Balaban J connectivity index is 2.42. The van der Waals surface area contributed by atoms with Crippen molar-refractivity contribution in [3.05, 3.63) is 0 Å². The molecule has 1 fully saturated rings. The predicted molar refractivity (Wildman–Crippen MR) is 60.3 cm³/mol. The second-order valence-electron chi connectivity index (χ2n) is 6.40. The van der Waals surface area contributed by atoms with E-state index in [0.717, 1.165) is 25.6 Å². The first-order valence-corrected chi connectivity index (χ1v) is 5.63. The molecule has 0 saturated carbocycles. The third-order valence-corrected chi connectivity index (χ3v) is 3.11. The van der Waals surface area contributed by atoms with Gasteiger partial charge in [0.25, 0.3) is 0 Å². The largest absolute Gasteiger partial charge is 0.389 e. The lowest BCUT2D eigenvalue weighted by molar-refractivity contribution is 0.0408. The van der Waals surface area contributed by atoms with Crippen molar-refractivity contribution in [1.29, 1.82) is 0 Å². The van der Waals surface area contributed by atoms with Crippen LogP contribution in [0.3, 0.4) is 0 Å². The van der Waals surface area contributed by atoms with Crippen LogP contribution >= 0.6 is 0 Å². The van der Waals surface area contributed by atoms with Gasteiger partial charge in [0, 0.05) is 13.1 Å². The lowest BCUT2D eigenvalue weighted by Crippen LogP contribution is -2.38. The van der Waals surface area contributed by atoms with Gasteiger partial charge in [0.05, 0.1) is 5.60 Å². The number of likely N-dealkylation sites (tertiary alicyclic amines) is 1. The molecule has 0 aromatic carbocycles. The molecular formula is C12H25NO. The van der Waals surface area contributed by atoms with Gasteiger partial charge in [0.2, 0.25) is 0 Å². The molecule has 1 heterocycles. The highest BCUT2D eigenvalue weighted by atomic mass is 16.3. The van der Waals surface area contributed by atoms with E-state index in [1.165, 1.54) is 6.42 Å². The summed E-state index contributed by atoms with van der Waals surface area (Å²) in [6, 6.07) is 0. The molecule has 2 heteroatoms. The molecule has 0 aromatic rings. The molecule has 14 heavy (non-hydrogen) atoms. The van der Waals surface area contributed by atoms with Crippen LogP contribution in [0.4, 0.5) is 0 Å². The smallest absolute Gasteiger partial charge is 0.0718 e. The van der Waals surface area contributed by atoms with Crippen molar-refractivity contribution in [3.63, 3.8) is 0 Å². The molecule has 1 rings (SSSR count). The van der Waals surface area contributed by atoms with Gasteiger partial charge in [0.15, 0.2) is 0 Å². The zero-order valence-electron chi connectivity index (χ0n) is 10.3. The summed E-state index contributed by atoms with van der Waals surface area (Å²) in [6.45, 7) is 13.8. The molecule has 1 unspecified atom stereocenters. The van der Waals surface area contributed by atoms with Gasteiger partial charge < -0.3 is 10.0 Å². The maximum Gasteiger partial charge on any atom is 0.0718 e. The maximum absolute atomic E-state index is 9.73. The molecule has 0 aliphatic carbocycles. The van der Waals surface area contributed by atoms with Crippen molar-refractivity contribution in [3.8, 4) is 0 Å². The average Bonchev–Trinajstić information content (AvgIpc) is 2.29. The summed E-state index contributed by atoms with van der Waals surface area (Å²) in [4.78, 5) is 2.38. The van der Waals surface area contributed by atoms with Gasteiger partial charge in [-0.1, -0.05) is 20.8 Å². The minimum absolute atomic E-state index is 0.411. The van der Waals surface area contributed by atoms with Crippen LogP contribution in [0.2, 0.25) is 0 Å². The topological polar surface area (TPSA) is 23.5 Å². The van der Waals surface area contributed by atoms with Gasteiger partial charge in [-0.05, 0) is 38.1 Å². The molecule has 1 atom stereocenters. The van der Waals surface area contributed by atoms with Crippen LogP contribution in [-0.2, 0) is 0 Å². The van der Waals surface area contributed by atoms with Crippen LogP contribution in [-0.4, -0.2) is 35.2 Å². The Labute approximate surface area is 88.3 Å². The Hall–Kier alpha value is -0.0800. The van der Waals surface area contributed by atoms with Gasteiger partial charge in [-0.15, -0.1) is 0 Å². The third kappa shape index (κ3) is 3.58. The average molecular weight is 199 g/mol. The number of nitrogens with zero attached hydrogens (tertiary/aromatic N) is 1. The third-order valence-electron chi connectivity index (χ3n) is 3.11. The second-order valence-corrected chi connectivity index (χ2v) is 6.40. The van der Waals surface area contributed by atoms with Gasteiger partial charge >= 0.3 is 0 Å². The summed E-state index contributed by atoms with van der Waals surface area (Å²) < 4.78 is 0. The van der Waals surface area contributed by atoms with Crippen LogP contribution in [0.5, 0.6) is 0 Å². The van der Waals surface area contributed by atoms with E-state index in [4.69, 9.17) is 0 Å². The highest BCUT2D eigenvalue weighted by molar-refractivity contribution is 4.86. The van der Waals surface area contributed by atoms with E-state index < -0.39 is 5.60 Å². The number of aliphatic hydroxyl groups is 1. The first-order chi connectivity index (χ1) is 6.18. The van der Waals surface area contributed by atoms with E-state index in [0.29, 0.717) is 5.41 Å². The SMILES string of the molecule is CC(C)(O)CN1CCC(C(C)(C)C)C1. The number of rotatable bonds is 2. The molecule has 1 saturated heterocycles. The first-order valence-electron chi connectivity index (χ1n) is 5.63. The molecule has 1 aliphatic heterocycles. The van der Waals surface area contributed by atoms with Crippen molar-refractivity contribution in [2.24, 2.45) is 11.3 Å². The highest BCUT2D eigenvalue weighted by Crippen LogP contribution is 2.33. The monoisotopic (exact) mass is 199 g/mol. The van der Waals surface area contributed by atoms with Crippen LogP contribution in [0.25, 0.3) is 0 Å². The summed E-state index contributed by atoms with van der Waals surface area (Å²) in [7, 11) is 0. The van der Waals surface area contributed by atoms with Gasteiger partial charge in [-0.25, -0.2) is 0 Å². The van der Waals surface area contributed by atoms with Gasteiger partial charge in [-0.3, -0.25) is 0 Å². The molecule has 84 valence electrons. The van der Waals surface area contributed by atoms with Gasteiger partial charge in [-0.2, -0.15) is 0 Å². The zero-order chi connectivity index (χ0) is 11.0. The van der Waals surface area contributed by atoms with Crippen molar-refractivity contribution in [1.82, 2.24) is 4.90 Å². The quantitative estimate of drug-likeness (QED) is 0.736. The zero-order valence-corrected chi connectivity index (χ0v) is 10.3. The minimum atomic E-state index is -0.549. The van der Waals surface area contributed by atoms with Crippen molar-refractivity contribution in [2.75, 3.05) is 19.6 Å². The summed E-state index contributed by atoms with van der Waals surface area (Å²) >= 11 is 0. The minimum Gasteiger partial charge on any atom is -0.389 e. The maximum atomic E-state index is 9.73. The molecular weight excluding hydrogens is 174 g/mol. The van der Waals surface area contributed by atoms with E-state index in [9.17, 15) is 5.11 Å². The fourth-order valence-corrected chi connectivity index (χ4v) is 2.23. The van der Waals surface area contributed by atoms with E-state index >= 15 is 0 Å². The summed E-state index contributed by atoms with van der Waals surface area (Å²) in [5.41, 5.74) is -0.138. The summed E-state index contributed by atoms with van der Waals surface area (Å²) in [5, 5.41) is 9.73. The van der Waals surface area contributed by atoms with Crippen LogP contribution < -0.4 is 0 Å². The number of hydrogen-bond acceptors (Lipinski definition) is 2. The summed E-state index contributed by atoms with van der Waals surface area (Å²) in [5.74, 6) is 0.782. The first kappa shape index (κ1) is 12.0. The molecule has 0 spiro atoms. The molecule has 0 radical (unpaired) electrons.